The molecule has 2 aromatic rings. The van der Waals surface area contributed by atoms with Crippen molar-refractivity contribution in [2.24, 2.45) is 0 Å². The molecule has 1 unspecified atom stereocenters. The number of amides is 3. The van der Waals surface area contributed by atoms with Crippen LogP contribution in [0.5, 0.6) is 0 Å². The fourth-order valence-corrected chi connectivity index (χ4v) is 3.80. The van der Waals surface area contributed by atoms with Gasteiger partial charge in [-0.15, -0.1) is 11.3 Å². The second-order valence-electron chi connectivity index (χ2n) is 6.23. The summed E-state index contributed by atoms with van der Waals surface area (Å²) in [6.45, 7) is 3.25. The maximum Gasteiger partial charge on any atom is 0.243 e. The lowest BCUT2D eigenvalue weighted by atomic mass is 10.1. The van der Waals surface area contributed by atoms with E-state index in [0.29, 0.717) is 5.69 Å². The molecule has 0 saturated carbocycles. The first-order valence-electron chi connectivity index (χ1n) is 8.36. The molecular weight excluding hydrogens is 430 g/mol. The summed E-state index contributed by atoms with van der Waals surface area (Å²) < 4.78 is 0.933. The zero-order valence-electron chi connectivity index (χ0n) is 15.4. The Morgan fingerprint density at radius 3 is 2.59 bits per heavy atom. The molecule has 8 heteroatoms. The number of halogens is 1. The van der Waals surface area contributed by atoms with Crippen LogP contribution in [-0.2, 0) is 14.4 Å². The van der Waals surface area contributed by atoms with Crippen LogP contribution in [0.2, 0.25) is 0 Å². The fourth-order valence-electron chi connectivity index (χ4n) is 2.55. The molecule has 0 spiro atoms. The van der Waals surface area contributed by atoms with Gasteiger partial charge in [0.15, 0.2) is 0 Å². The number of carbonyl (C=O) groups is 3. The lowest BCUT2D eigenvalue weighted by Gasteiger charge is -2.21. The van der Waals surface area contributed by atoms with E-state index in [1.165, 1.54) is 23.2 Å². The van der Waals surface area contributed by atoms with Crippen LogP contribution in [0.15, 0.2) is 40.2 Å². The summed E-state index contributed by atoms with van der Waals surface area (Å²) in [6.07, 6.45) is 0.0984. The Kier molecular flexibility index (Phi) is 7.55. The number of hydrogen-bond acceptors (Lipinski definition) is 4. The van der Waals surface area contributed by atoms with E-state index in [4.69, 9.17) is 0 Å². The van der Waals surface area contributed by atoms with Crippen molar-refractivity contribution in [2.45, 2.75) is 26.3 Å². The van der Waals surface area contributed by atoms with Gasteiger partial charge in [0, 0.05) is 29.0 Å². The van der Waals surface area contributed by atoms with E-state index in [-0.39, 0.29) is 30.7 Å². The maximum atomic E-state index is 12.5. The van der Waals surface area contributed by atoms with Crippen LogP contribution in [0.25, 0.3) is 0 Å². The lowest BCUT2D eigenvalue weighted by molar-refractivity contribution is -0.134. The minimum absolute atomic E-state index is 0.0639. The first kappa shape index (κ1) is 21.1. The van der Waals surface area contributed by atoms with Gasteiger partial charge >= 0.3 is 0 Å². The van der Waals surface area contributed by atoms with Gasteiger partial charge in [-0.25, -0.2) is 0 Å². The number of anilines is 1. The van der Waals surface area contributed by atoms with Crippen molar-refractivity contribution in [2.75, 3.05) is 18.9 Å². The van der Waals surface area contributed by atoms with Crippen LogP contribution in [0.1, 0.15) is 29.8 Å². The van der Waals surface area contributed by atoms with Gasteiger partial charge in [-0.1, -0.05) is 22.0 Å². The predicted molar refractivity (Wildman–Crippen MR) is 111 cm³/mol. The fraction of sp³-hybridized carbons (Fsp3) is 0.316. The number of likely N-dealkylation sites (N-methyl/N-ethyl adjacent to an activating group) is 1. The summed E-state index contributed by atoms with van der Waals surface area (Å²) in [5.74, 6) is -0.694. The topological polar surface area (TPSA) is 78.5 Å². The van der Waals surface area contributed by atoms with Crippen molar-refractivity contribution in [3.8, 4) is 0 Å². The summed E-state index contributed by atoms with van der Waals surface area (Å²) in [4.78, 5) is 38.5. The molecule has 2 N–H and O–H groups in total. The molecule has 0 aliphatic rings. The third-order valence-electron chi connectivity index (χ3n) is 3.91. The van der Waals surface area contributed by atoms with Crippen molar-refractivity contribution in [3.05, 3.63) is 50.6 Å². The Balaban J connectivity index is 1.95. The third kappa shape index (κ3) is 6.48. The number of carbonyl (C=O) groups excluding carboxylic acids is 3. The van der Waals surface area contributed by atoms with E-state index in [1.807, 2.05) is 42.6 Å². The number of aryl methyl sites for hydroxylation is 1. The zero-order valence-corrected chi connectivity index (χ0v) is 17.8. The lowest BCUT2D eigenvalue weighted by Crippen LogP contribution is -2.37. The van der Waals surface area contributed by atoms with E-state index >= 15 is 0 Å². The first-order chi connectivity index (χ1) is 12.8. The quantitative estimate of drug-likeness (QED) is 0.675. The molecule has 0 radical (unpaired) electrons. The van der Waals surface area contributed by atoms with Crippen molar-refractivity contribution >= 4 is 50.7 Å². The molecule has 1 heterocycles. The normalized spacial score (nSPS) is 11.6. The summed E-state index contributed by atoms with van der Waals surface area (Å²) in [6, 6.07) is 8.91. The van der Waals surface area contributed by atoms with E-state index in [0.717, 1.165) is 14.9 Å². The SMILES string of the molecule is CC(=O)NC(CC(=O)N(C)CC(=O)Nc1ccc(Br)cc1C)c1cccs1. The maximum absolute atomic E-state index is 12.5. The van der Waals surface area contributed by atoms with E-state index in [9.17, 15) is 14.4 Å². The second kappa shape index (κ2) is 9.66. The summed E-state index contributed by atoms with van der Waals surface area (Å²) in [5.41, 5.74) is 1.63. The molecular formula is C19H22BrN3O3S. The molecule has 144 valence electrons. The van der Waals surface area contributed by atoms with Crippen molar-refractivity contribution in [1.82, 2.24) is 10.2 Å². The molecule has 0 aliphatic heterocycles. The van der Waals surface area contributed by atoms with E-state index < -0.39 is 6.04 Å². The average Bonchev–Trinajstić information content (AvgIpc) is 3.10. The highest BCUT2D eigenvalue weighted by molar-refractivity contribution is 9.10. The van der Waals surface area contributed by atoms with Crippen molar-refractivity contribution in [3.63, 3.8) is 0 Å². The Morgan fingerprint density at radius 1 is 1.26 bits per heavy atom. The van der Waals surface area contributed by atoms with Crippen LogP contribution in [-0.4, -0.2) is 36.2 Å². The molecule has 27 heavy (non-hydrogen) atoms. The van der Waals surface area contributed by atoms with Crippen molar-refractivity contribution in [1.29, 1.82) is 0 Å². The highest BCUT2D eigenvalue weighted by Crippen LogP contribution is 2.23. The van der Waals surface area contributed by atoms with E-state index in [1.54, 1.807) is 7.05 Å². The number of nitrogens with zero attached hydrogens (tertiary/aromatic N) is 1. The molecule has 1 atom stereocenters. The molecule has 0 aliphatic carbocycles. The molecule has 1 aromatic carbocycles. The highest BCUT2D eigenvalue weighted by Gasteiger charge is 2.21. The number of benzene rings is 1. The average molecular weight is 452 g/mol. The Labute approximate surface area is 171 Å². The van der Waals surface area contributed by atoms with Crippen molar-refractivity contribution < 1.29 is 14.4 Å². The predicted octanol–water partition coefficient (Wildman–Crippen LogP) is 3.48. The smallest absolute Gasteiger partial charge is 0.243 e. The molecule has 0 fully saturated rings. The molecule has 1 aromatic heterocycles. The largest absolute Gasteiger partial charge is 0.348 e. The van der Waals surface area contributed by atoms with Gasteiger partial charge < -0.3 is 15.5 Å². The minimum Gasteiger partial charge on any atom is -0.348 e. The number of hydrogen-bond donors (Lipinski definition) is 2. The summed E-state index contributed by atoms with van der Waals surface area (Å²) in [5, 5.41) is 7.50. The van der Waals surface area contributed by atoms with Gasteiger partial charge in [0.25, 0.3) is 0 Å². The molecule has 0 saturated heterocycles. The van der Waals surface area contributed by atoms with Gasteiger partial charge in [0.1, 0.15) is 0 Å². The number of nitrogens with one attached hydrogen (secondary N) is 2. The van der Waals surface area contributed by atoms with Crippen LogP contribution in [0, 0.1) is 6.92 Å². The van der Waals surface area contributed by atoms with Gasteiger partial charge in [0.05, 0.1) is 19.0 Å². The highest BCUT2D eigenvalue weighted by atomic mass is 79.9. The molecule has 3 amide bonds. The Hall–Kier alpha value is -2.19. The summed E-state index contributed by atoms with van der Waals surface area (Å²) >= 11 is 4.86. The van der Waals surface area contributed by atoms with Gasteiger partial charge in [0.2, 0.25) is 17.7 Å². The van der Waals surface area contributed by atoms with Gasteiger partial charge in [-0.3, -0.25) is 14.4 Å². The Morgan fingerprint density at radius 2 is 2.00 bits per heavy atom. The monoisotopic (exact) mass is 451 g/mol. The third-order valence-corrected chi connectivity index (χ3v) is 5.39. The van der Waals surface area contributed by atoms with Gasteiger partial charge in [-0.2, -0.15) is 0 Å². The minimum atomic E-state index is -0.394. The van der Waals surface area contributed by atoms with Crippen LogP contribution >= 0.6 is 27.3 Å². The molecule has 6 nitrogen and oxygen atoms in total. The molecule has 2 rings (SSSR count). The number of thiophene rings is 1. The first-order valence-corrected chi connectivity index (χ1v) is 10.0. The number of rotatable bonds is 7. The molecule has 0 bridgehead atoms. The van der Waals surface area contributed by atoms with Gasteiger partial charge in [-0.05, 0) is 42.1 Å². The summed E-state index contributed by atoms with van der Waals surface area (Å²) in [7, 11) is 1.58. The van der Waals surface area contributed by atoms with Crippen LogP contribution < -0.4 is 10.6 Å². The standard InChI is InChI=1S/C19H22BrN3O3S/c1-12-9-14(20)6-7-15(12)22-18(25)11-23(3)19(26)10-16(21-13(2)24)17-5-4-8-27-17/h4-9,16H,10-11H2,1-3H3,(H,21,24)(H,22,25). The van der Waals surface area contributed by atoms with E-state index in [2.05, 4.69) is 26.6 Å². The van der Waals surface area contributed by atoms with Crippen LogP contribution in [0.4, 0.5) is 5.69 Å². The van der Waals surface area contributed by atoms with Crippen LogP contribution in [0.3, 0.4) is 0 Å². The Bertz CT molecular complexity index is 824. The second-order valence-corrected chi connectivity index (χ2v) is 8.12. The zero-order chi connectivity index (χ0) is 20.0.